The second kappa shape index (κ2) is 5.54. The van der Waals surface area contributed by atoms with Crippen molar-refractivity contribution in [1.82, 2.24) is 9.47 Å². The van der Waals surface area contributed by atoms with Gasteiger partial charge < -0.3 is 14.8 Å². The van der Waals surface area contributed by atoms with Gasteiger partial charge in [-0.3, -0.25) is 9.69 Å². The normalized spacial score (nSPS) is 16.3. The Morgan fingerprint density at radius 3 is 2.61 bits per heavy atom. The van der Waals surface area contributed by atoms with Gasteiger partial charge in [0.1, 0.15) is 0 Å². The Hall–Kier alpha value is -1.33. The largest absolute Gasteiger partial charge is 0.503 e. The van der Waals surface area contributed by atoms with E-state index in [4.69, 9.17) is 5.11 Å². The molecule has 0 amide bonds. The summed E-state index contributed by atoms with van der Waals surface area (Å²) in [6.45, 7) is 4.80. The molecule has 0 saturated carbocycles. The molecular weight excluding hydrogens is 232 g/mol. The molecule has 2 rings (SSSR count). The zero-order valence-electron chi connectivity index (χ0n) is 10.7. The lowest BCUT2D eigenvalue weighted by atomic mass is 10.2. The van der Waals surface area contributed by atoms with Crippen molar-refractivity contribution in [3.05, 3.63) is 27.7 Å². The summed E-state index contributed by atoms with van der Waals surface area (Å²) >= 11 is 0. The van der Waals surface area contributed by atoms with Crippen LogP contribution in [0, 0.1) is 6.92 Å². The van der Waals surface area contributed by atoms with Crippen LogP contribution in [0.3, 0.4) is 0 Å². The van der Waals surface area contributed by atoms with Gasteiger partial charge in [-0.2, -0.15) is 0 Å². The number of aliphatic hydroxyl groups excluding tert-OH is 1. The number of likely N-dealkylation sites (tertiary alicyclic amines) is 1. The maximum Gasteiger partial charge on any atom is 0.223 e. The molecule has 1 aromatic heterocycles. The highest BCUT2D eigenvalue weighted by atomic mass is 16.3. The molecule has 0 bridgehead atoms. The maximum atomic E-state index is 11.6. The van der Waals surface area contributed by atoms with Gasteiger partial charge in [-0.15, -0.1) is 0 Å². The van der Waals surface area contributed by atoms with Gasteiger partial charge in [0.15, 0.2) is 5.75 Å². The number of nitrogens with zero attached hydrogens (tertiary/aromatic N) is 2. The van der Waals surface area contributed by atoms with Crippen LogP contribution in [0.5, 0.6) is 5.75 Å². The Bertz CT molecular complexity index is 476. The third-order valence-electron chi connectivity index (χ3n) is 3.49. The predicted molar refractivity (Wildman–Crippen MR) is 68.7 cm³/mol. The molecular formula is C13H20N2O3. The quantitative estimate of drug-likeness (QED) is 0.816. The van der Waals surface area contributed by atoms with E-state index in [1.165, 1.54) is 6.07 Å². The molecule has 100 valence electrons. The lowest BCUT2D eigenvalue weighted by Gasteiger charge is -2.21. The van der Waals surface area contributed by atoms with Gasteiger partial charge in [0, 0.05) is 24.8 Å². The second-order valence-electron chi connectivity index (χ2n) is 4.80. The van der Waals surface area contributed by atoms with E-state index in [9.17, 15) is 9.90 Å². The van der Waals surface area contributed by atoms with Crippen molar-refractivity contribution < 1.29 is 10.2 Å². The van der Waals surface area contributed by atoms with Crippen LogP contribution in [0.1, 0.15) is 24.2 Å². The minimum atomic E-state index is -0.337. The van der Waals surface area contributed by atoms with E-state index < -0.39 is 0 Å². The first-order chi connectivity index (χ1) is 8.63. The van der Waals surface area contributed by atoms with Crippen LogP contribution >= 0.6 is 0 Å². The number of aromatic hydroxyl groups is 1. The fourth-order valence-corrected chi connectivity index (χ4v) is 2.54. The molecule has 0 atom stereocenters. The molecule has 0 aliphatic carbocycles. The number of aryl methyl sites for hydroxylation is 1. The molecule has 0 aromatic carbocycles. The number of aromatic nitrogens is 1. The number of pyridine rings is 1. The molecule has 1 aliphatic rings. The average molecular weight is 252 g/mol. The highest BCUT2D eigenvalue weighted by Gasteiger charge is 2.18. The first-order valence-corrected chi connectivity index (χ1v) is 6.39. The molecule has 0 spiro atoms. The van der Waals surface area contributed by atoms with Crippen LogP contribution < -0.4 is 5.43 Å². The molecule has 1 aliphatic heterocycles. The minimum absolute atomic E-state index is 0.00382. The number of rotatable bonds is 4. The van der Waals surface area contributed by atoms with Crippen molar-refractivity contribution in [2.24, 2.45) is 0 Å². The van der Waals surface area contributed by atoms with Crippen molar-refractivity contribution in [1.29, 1.82) is 0 Å². The van der Waals surface area contributed by atoms with Gasteiger partial charge in [0.25, 0.3) is 0 Å². The van der Waals surface area contributed by atoms with E-state index in [1.807, 2.05) is 11.5 Å². The van der Waals surface area contributed by atoms with Crippen LogP contribution in [0.2, 0.25) is 0 Å². The number of hydrogen-bond donors (Lipinski definition) is 2. The van der Waals surface area contributed by atoms with E-state index in [1.54, 1.807) is 0 Å². The van der Waals surface area contributed by atoms with Crippen molar-refractivity contribution in [2.45, 2.75) is 32.9 Å². The summed E-state index contributed by atoms with van der Waals surface area (Å²) in [5, 5.41) is 19.0. The van der Waals surface area contributed by atoms with Gasteiger partial charge >= 0.3 is 0 Å². The Morgan fingerprint density at radius 1 is 1.33 bits per heavy atom. The Labute approximate surface area is 106 Å². The third kappa shape index (κ3) is 2.57. The Morgan fingerprint density at radius 2 is 2.00 bits per heavy atom. The summed E-state index contributed by atoms with van der Waals surface area (Å²) in [7, 11) is 0. The molecule has 1 fully saturated rings. The first-order valence-electron chi connectivity index (χ1n) is 6.39. The Kier molecular flexibility index (Phi) is 4.04. The highest BCUT2D eigenvalue weighted by Crippen LogP contribution is 2.19. The van der Waals surface area contributed by atoms with E-state index >= 15 is 0 Å². The predicted octanol–water partition coefficient (Wildman–Crippen LogP) is 0.450. The van der Waals surface area contributed by atoms with Crippen molar-refractivity contribution in [3.8, 4) is 5.75 Å². The van der Waals surface area contributed by atoms with Gasteiger partial charge in [0.05, 0.1) is 12.3 Å². The van der Waals surface area contributed by atoms with E-state index in [-0.39, 0.29) is 17.8 Å². The van der Waals surface area contributed by atoms with Crippen LogP contribution in [0.15, 0.2) is 10.9 Å². The molecule has 2 N–H and O–H groups in total. The lowest BCUT2D eigenvalue weighted by molar-refractivity contribution is 0.261. The average Bonchev–Trinajstić information content (AvgIpc) is 2.83. The zero-order chi connectivity index (χ0) is 13.1. The van der Waals surface area contributed by atoms with E-state index in [0.717, 1.165) is 31.6 Å². The summed E-state index contributed by atoms with van der Waals surface area (Å²) in [5.41, 5.74) is 1.06. The van der Waals surface area contributed by atoms with Gasteiger partial charge in [-0.25, -0.2) is 0 Å². The summed E-state index contributed by atoms with van der Waals surface area (Å²) in [4.78, 5) is 13.9. The van der Waals surface area contributed by atoms with Crippen molar-refractivity contribution in [2.75, 3.05) is 19.7 Å². The van der Waals surface area contributed by atoms with E-state index in [0.29, 0.717) is 18.8 Å². The fourth-order valence-electron chi connectivity index (χ4n) is 2.54. The van der Waals surface area contributed by atoms with E-state index in [2.05, 4.69) is 4.90 Å². The van der Waals surface area contributed by atoms with Crippen LogP contribution in [-0.4, -0.2) is 39.4 Å². The molecule has 1 saturated heterocycles. The van der Waals surface area contributed by atoms with Crippen LogP contribution in [0.4, 0.5) is 0 Å². The molecule has 5 nitrogen and oxygen atoms in total. The van der Waals surface area contributed by atoms with Crippen molar-refractivity contribution in [3.63, 3.8) is 0 Å². The highest BCUT2D eigenvalue weighted by molar-refractivity contribution is 5.29. The van der Waals surface area contributed by atoms with Crippen LogP contribution in [-0.2, 0) is 13.1 Å². The topological polar surface area (TPSA) is 65.7 Å². The lowest BCUT2D eigenvalue weighted by Crippen LogP contribution is -2.25. The summed E-state index contributed by atoms with van der Waals surface area (Å²) in [6, 6.07) is 1.42. The monoisotopic (exact) mass is 252 g/mol. The SMILES string of the molecule is Cc1cc(=O)c(O)c(CN2CCCC2)n1CCO. The van der Waals surface area contributed by atoms with Gasteiger partial charge in [-0.1, -0.05) is 0 Å². The Balaban J connectivity index is 2.37. The van der Waals surface area contributed by atoms with Gasteiger partial charge in [-0.05, 0) is 32.9 Å². The molecule has 1 aromatic rings. The summed E-state index contributed by atoms with van der Waals surface area (Å²) < 4.78 is 1.83. The van der Waals surface area contributed by atoms with Crippen LogP contribution in [0.25, 0.3) is 0 Å². The smallest absolute Gasteiger partial charge is 0.223 e. The van der Waals surface area contributed by atoms with Crippen molar-refractivity contribution >= 4 is 0 Å². The zero-order valence-corrected chi connectivity index (χ0v) is 10.7. The summed E-state index contributed by atoms with van der Waals surface area (Å²) in [6.07, 6.45) is 2.33. The standard InChI is InChI=1S/C13H20N2O3/c1-10-8-12(17)13(18)11(15(10)6-7-16)9-14-4-2-3-5-14/h8,16,18H,2-7,9H2,1H3. The molecule has 18 heavy (non-hydrogen) atoms. The minimum Gasteiger partial charge on any atom is -0.503 e. The third-order valence-corrected chi connectivity index (χ3v) is 3.49. The molecule has 0 radical (unpaired) electrons. The van der Waals surface area contributed by atoms with Gasteiger partial charge in [0.2, 0.25) is 5.43 Å². The first kappa shape index (κ1) is 13.1. The summed E-state index contributed by atoms with van der Waals surface area (Å²) in [5.74, 6) is -0.180. The molecule has 0 unspecified atom stereocenters. The number of hydrogen-bond acceptors (Lipinski definition) is 4. The maximum absolute atomic E-state index is 11.6. The molecule has 2 heterocycles. The fraction of sp³-hybridized carbons (Fsp3) is 0.615. The second-order valence-corrected chi connectivity index (χ2v) is 4.80. The number of aliphatic hydroxyl groups is 1. The molecule has 5 heteroatoms.